The average molecular weight is 318 g/mol. The molecule has 114 valence electrons. The summed E-state index contributed by atoms with van der Waals surface area (Å²) in [6, 6.07) is 12.3. The Kier molecular flexibility index (Phi) is 5.44. The first-order chi connectivity index (χ1) is 10.6. The van der Waals surface area contributed by atoms with Gasteiger partial charge in [0, 0.05) is 28.5 Å². The molecule has 0 fully saturated rings. The third kappa shape index (κ3) is 4.02. The van der Waals surface area contributed by atoms with Crippen molar-refractivity contribution in [3.05, 3.63) is 65.3 Å². The Labute approximate surface area is 134 Å². The van der Waals surface area contributed by atoms with Crippen LogP contribution in [-0.4, -0.2) is 20.0 Å². The molecule has 0 aliphatic heterocycles. The minimum Gasteiger partial charge on any atom is -0.493 e. The zero-order chi connectivity index (χ0) is 15.9. The van der Waals surface area contributed by atoms with Crippen LogP contribution >= 0.6 is 11.6 Å². The van der Waals surface area contributed by atoms with Crippen LogP contribution in [0.25, 0.3) is 0 Å². The Hall–Kier alpha value is -2.46. The summed E-state index contributed by atoms with van der Waals surface area (Å²) in [7, 11) is 3.08. The molecule has 0 aliphatic rings. The van der Waals surface area contributed by atoms with Crippen LogP contribution in [0, 0.1) is 0 Å². The van der Waals surface area contributed by atoms with Crippen molar-refractivity contribution in [2.75, 3.05) is 19.5 Å². The molecule has 2 rings (SSSR count). The van der Waals surface area contributed by atoms with E-state index in [2.05, 4.69) is 5.32 Å². The lowest BCUT2D eigenvalue weighted by atomic mass is 10.1. The molecule has 2 aromatic rings. The summed E-state index contributed by atoms with van der Waals surface area (Å²) < 4.78 is 10.3. The fourth-order valence-corrected chi connectivity index (χ4v) is 2.07. The number of ether oxygens (including phenoxy) is 2. The Balaban J connectivity index is 2.07. The molecule has 0 amide bonds. The molecule has 1 N–H and O–H groups in total. The molecule has 4 nitrogen and oxygen atoms in total. The minimum atomic E-state index is -0.143. The summed E-state index contributed by atoms with van der Waals surface area (Å²) in [6.07, 6.45) is 3.02. The van der Waals surface area contributed by atoms with E-state index in [1.807, 2.05) is 12.1 Å². The molecule has 0 radical (unpaired) electrons. The number of halogens is 1. The number of benzene rings is 2. The molecular formula is C17H16ClNO3. The molecule has 0 saturated carbocycles. The van der Waals surface area contributed by atoms with Gasteiger partial charge in [-0.2, -0.15) is 0 Å². The summed E-state index contributed by atoms with van der Waals surface area (Å²) in [5, 5.41) is 3.62. The van der Waals surface area contributed by atoms with E-state index in [4.69, 9.17) is 21.1 Å². The van der Waals surface area contributed by atoms with Gasteiger partial charge in [-0.15, -0.1) is 0 Å². The minimum absolute atomic E-state index is 0.143. The molecule has 2 aromatic carbocycles. The predicted octanol–water partition coefficient (Wildman–Crippen LogP) is 4.17. The number of methoxy groups -OCH3 is 2. The van der Waals surface area contributed by atoms with Crippen LogP contribution in [0.3, 0.4) is 0 Å². The monoisotopic (exact) mass is 317 g/mol. The van der Waals surface area contributed by atoms with E-state index in [0.717, 1.165) is 5.69 Å². The van der Waals surface area contributed by atoms with Gasteiger partial charge >= 0.3 is 0 Å². The second-order valence-electron chi connectivity index (χ2n) is 4.42. The quantitative estimate of drug-likeness (QED) is 0.642. The summed E-state index contributed by atoms with van der Waals surface area (Å²) in [5.74, 6) is 0.958. The van der Waals surface area contributed by atoms with Crippen LogP contribution in [0.1, 0.15) is 10.4 Å². The lowest BCUT2D eigenvalue weighted by Crippen LogP contribution is -1.98. The highest BCUT2D eigenvalue weighted by molar-refractivity contribution is 6.30. The highest BCUT2D eigenvalue weighted by atomic mass is 35.5. The number of rotatable bonds is 6. The van der Waals surface area contributed by atoms with Crippen molar-refractivity contribution in [1.82, 2.24) is 0 Å². The van der Waals surface area contributed by atoms with Gasteiger partial charge in [-0.25, -0.2) is 0 Å². The van der Waals surface area contributed by atoms with Crippen LogP contribution < -0.4 is 14.8 Å². The van der Waals surface area contributed by atoms with Gasteiger partial charge in [0.05, 0.1) is 14.2 Å². The molecule has 0 spiro atoms. The maximum absolute atomic E-state index is 12.1. The summed E-state index contributed by atoms with van der Waals surface area (Å²) in [4.78, 5) is 12.1. The van der Waals surface area contributed by atoms with Gasteiger partial charge in [-0.1, -0.05) is 17.7 Å². The Morgan fingerprint density at radius 3 is 2.55 bits per heavy atom. The van der Waals surface area contributed by atoms with Crippen molar-refractivity contribution < 1.29 is 14.3 Å². The van der Waals surface area contributed by atoms with Crippen molar-refractivity contribution in [2.24, 2.45) is 0 Å². The Bertz CT molecular complexity index is 698. The van der Waals surface area contributed by atoms with Gasteiger partial charge in [0.15, 0.2) is 17.3 Å². The fourth-order valence-electron chi connectivity index (χ4n) is 1.88. The summed E-state index contributed by atoms with van der Waals surface area (Å²) in [5.41, 5.74) is 1.32. The van der Waals surface area contributed by atoms with Crippen LogP contribution in [0.5, 0.6) is 11.5 Å². The number of nitrogens with one attached hydrogen (secondary N) is 1. The van der Waals surface area contributed by atoms with Crippen molar-refractivity contribution in [2.45, 2.75) is 0 Å². The topological polar surface area (TPSA) is 47.6 Å². The number of hydrogen-bond donors (Lipinski definition) is 1. The third-order valence-corrected chi connectivity index (χ3v) is 3.21. The number of carbonyl (C=O) groups is 1. The van der Waals surface area contributed by atoms with Crippen LogP contribution in [0.15, 0.2) is 54.7 Å². The first-order valence-corrected chi connectivity index (χ1v) is 6.97. The second-order valence-corrected chi connectivity index (χ2v) is 4.86. The number of anilines is 1. The maximum Gasteiger partial charge on any atom is 0.187 e. The summed E-state index contributed by atoms with van der Waals surface area (Å²) >= 11 is 5.89. The molecule has 0 aromatic heterocycles. The molecule has 0 saturated heterocycles. The number of ketones is 1. The van der Waals surface area contributed by atoms with Gasteiger partial charge in [-0.3, -0.25) is 4.79 Å². The van der Waals surface area contributed by atoms with E-state index in [-0.39, 0.29) is 5.78 Å². The smallest absolute Gasteiger partial charge is 0.187 e. The molecule has 0 aliphatic carbocycles. The Morgan fingerprint density at radius 1 is 1.09 bits per heavy atom. The fraction of sp³-hybridized carbons (Fsp3) is 0.118. The highest BCUT2D eigenvalue weighted by Crippen LogP contribution is 2.27. The highest BCUT2D eigenvalue weighted by Gasteiger charge is 2.08. The van der Waals surface area contributed by atoms with E-state index in [1.165, 1.54) is 13.2 Å². The van der Waals surface area contributed by atoms with Crippen molar-refractivity contribution in [3.8, 4) is 11.5 Å². The molecule has 0 heterocycles. The van der Waals surface area contributed by atoms with Crippen molar-refractivity contribution in [1.29, 1.82) is 0 Å². The maximum atomic E-state index is 12.1. The first-order valence-electron chi connectivity index (χ1n) is 6.59. The van der Waals surface area contributed by atoms with E-state index >= 15 is 0 Å². The van der Waals surface area contributed by atoms with E-state index in [1.54, 1.807) is 43.6 Å². The molecular weight excluding hydrogens is 302 g/mol. The molecule has 0 bridgehead atoms. The first kappa shape index (κ1) is 15.9. The average Bonchev–Trinajstić information content (AvgIpc) is 2.54. The second kappa shape index (κ2) is 7.52. The van der Waals surface area contributed by atoms with Crippen LogP contribution in [0.4, 0.5) is 5.69 Å². The zero-order valence-corrected chi connectivity index (χ0v) is 13.1. The largest absolute Gasteiger partial charge is 0.493 e. The standard InChI is InChI=1S/C17H16ClNO3/c1-21-16-7-6-12(10-17(16)22-2)15(20)8-9-19-14-5-3-4-13(18)11-14/h3-11,19H,1-2H3/b9-8-. The third-order valence-electron chi connectivity index (χ3n) is 2.98. The SMILES string of the molecule is COc1ccc(C(=O)/C=C\Nc2cccc(Cl)c2)cc1OC. The Morgan fingerprint density at radius 2 is 1.86 bits per heavy atom. The predicted molar refractivity (Wildman–Crippen MR) is 88.1 cm³/mol. The van der Waals surface area contributed by atoms with E-state index < -0.39 is 0 Å². The van der Waals surface area contributed by atoms with Gasteiger partial charge in [0.1, 0.15) is 0 Å². The van der Waals surface area contributed by atoms with Crippen LogP contribution in [-0.2, 0) is 0 Å². The van der Waals surface area contributed by atoms with Crippen LogP contribution in [0.2, 0.25) is 5.02 Å². The van der Waals surface area contributed by atoms with Gasteiger partial charge in [-0.05, 0) is 36.4 Å². The van der Waals surface area contributed by atoms with Gasteiger partial charge < -0.3 is 14.8 Å². The lowest BCUT2D eigenvalue weighted by Gasteiger charge is -2.08. The van der Waals surface area contributed by atoms with Crippen molar-refractivity contribution >= 4 is 23.1 Å². The molecule has 0 atom stereocenters. The lowest BCUT2D eigenvalue weighted by molar-refractivity contribution is 0.104. The molecule has 0 unspecified atom stereocenters. The van der Waals surface area contributed by atoms with E-state index in [9.17, 15) is 4.79 Å². The number of allylic oxidation sites excluding steroid dienone is 1. The van der Waals surface area contributed by atoms with E-state index in [0.29, 0.717) is 22.1 Å². The molecule has 22 heavy (non-hydrogen) atoms. The van der Waals surface area contributed by atoms with Gasteiger partial charge in [0.25, 0.3) is 0 Å². The summed E-state index contributed by atoms with van der Waals surface area (Å²) in [6.45, 7) is 0. The normalized spacial score (nSPS) is 10.5. The molecule has 5 heteroatoms. The number of carbonyl (C=O) groups excluding carboxylic acids is 1. The van der Waals surface area contributed by atoms with Gasteiger partial charge in [0.2, 0.25) is 0 Å². The number of hydrogen-bond acceptors (Lipinski definition) is 4. The zero-order valence-electron chi connectivity index (χ0n) is 12.3. The van der Waals surface area contributed by atoms with Crippen molar-refractivity contribution in [3.63, 3.8) is 0 Å².